The van der Waals surface area contributed by atoms with Crippen molar-refractivity contribution in [3.8, 4) is 0 Å². The molecule has 0 saturated heterocycles. The summed E-state index contributed by atoms with van der Waals surface area (Å²) in [7, 11) is 0. The third kappa shape index (κ3) is 3.85. The lowest BCUT2D eigenvalue weighted by molar-refractivity contribution is 0.0956. The van der Waals surface area contributed by atoms with Gasteiger partial charge in [-0.2, -0.15) is 0 Å². The highest BCUT2D eigenvalue weighted by Gasteiger charge is 2.11. The average Bonchev–Trinajstić information content (AvgIpc) is 2.88. The van der Waals surface area contributed by atoms with E-state index in [0.717, 1.165) is 11.3 Å². The number of rotatable bonds is 5. The summed E-state index contributed by atoms with van der Waals surface area (Å²) in [5.41, 5.74) is 2.86. The summed E-state index contributed by atoms with van der Waals surface area (Å²) in [6.07, 6.45) is 0. The van der Waals surface area contributed by atoms with E-state index in [1.54, 1.807) is 0 Å². The van der Waals surface area contributed by atoms with E-state index in [1.165, 1.54) is 9.75 Å². The Morgan fingerprint density at radius 2 is 2.00 bits per heavy atom. The quantitative estimate of drug-likeness (QED) is 0.865. The first-order chi connectivity index (χ1) is 10.0. The van der Waals surface area contributed by atoms with Gasteiger partial charge in [-0.25, -0.2) is 0 Å². The van der Waals surface area contributed by atoms with Gasteiger partial charge in [0, 0.05) is 27.5 Å². The lowest BCUT2D eigenvalue weighted by Gasteiger charge is -2.16. The Bertz CT molecular complexity index is 633. The molecule has 1 aromatic heterocycles. The summed E-state index contributed by atoms with van der Waals surface area (Å²) >= 11 is 1.81. The van der Waals surface area contributed by atoms with E-state index < -0.39 is 0 Å². The van der Waals surface area contributed by atoms with Gasteiger partial charge in [0.25, 0.3) is 5.91 Å². The topological polar surface area (TPSA) is 41.1 Å². The predicted octanol–water partition coefficient (Wildman–Crippen LogP) is 4.29. The van der Waals surface area contributed by atoms with E-state index >= 15 is 0 Å². The van der Waals surface area contributed by atoms with Crippen molar-refractivity contribution in [3.05, 3.63) is 51.2 Å². The van der Waals surface area contributed by atoms with Crippen LogP contribution in [0.4, 0.5) is 5.69 Å². The zero-order chi connectivity index (χ0) is 15.4. The van der Waals surface area contributed by atoms with Gasteiger partial charge in [0.15, 0.2) is 0 Å². The minimum atomic E-state index is -0.0194. The molecule has 0 bridgehead atoms. The van der Waals surface area contributed by atoms with Crippen LogP contribution in [0.1, 0.15) is 45.6 Å². The third-order valence-corrected chi connectivity index (χ3v) is 4.57. The van der Waals surface area contributed by atoms with E-state index in [9.17, 15) is 4.79 Å². The third-order valence-electron chi connectivity index (χ3n) is 3.39. The van der Waals surface area contributed by atoms with Crippen LogP contribution in [-0.2, 0) is 0 Å². The summed E-state index contributed by atoms with van der Waals surface area (Å²) in [5.74, 6) is -0.0194. The number of anilines is 1. The minimum absolute atomic E-state index is 0.0194. The molecule has 0 spiro atoms. The van der Waals surface area contributed by atoms with E-state index in [0.29, 0.717) is 12.1 Å². The van der Waals surface area contributed by atoms with Crippen LogP contribution < -0.4 is 10.6 Å². The Balaban J connectivity index is 2.12. The van der Waals surface area contributed by atoms with Crippen LogP contribution in [0.5, 0.6) is 0 Å². The van der Waals surface area contributed by atoms with Crippen LogP contribution in [0.3, 0.4) is 0 Å². The molecule has 2 N–H and O–H groups in total. The highest BCUT2D eigenvalue weighted by molar-refractivity contribution is 7.12. The van der Waals surface area contributed by atoms with Crippen LogP contribution in [0.2, 0.25) is 0 Å². The molecule has 0 aliphatic heterocycles. The molecule has 2 rings (SSSR count). The van der Waals surface area contributed by atoms with Gasteiger partial charge in [-0.1, -0.05) is 0 Å². The molecule has 0 fully saturated rings. The maximum atomic E-state index is 11.8. The Kier molecular flexibility index (Phi) is 5.02. The number of nitrogens with one attached hydrogen (secondary N) is 2. The maximum Gasteiger partial charge on any atom is 0.251 e. The summed E-state index contributed by atoms with van der Waals surface area (Å²) in [6, 6.07) is 10.3. The van der Waals surface area contributed by atoms with Gasteiger partial charge >= 0.3 is 0 Å². The van der Waals surface area contributed by atoms with Crippen molar-refractivity contribution in [1.82, 2.24) is 5.32 Å². The standard InChI is InChI=1S/C17H22N2OS/c1-5-18-17(20)14-7-8-15(11(2)10-14)19-13(4)16-9-6-12(3)21-16/h6-10,13,19H,5H2,1-4H3,(H,18,20). The van der Waals surface area contributed by atoms with Gasteiger partial charge < -0.3 is 10.6 Å². The Hall–Kier alpha value is -1.81. The van der Waals surface area contributed by atoms with Gasteiger partial charge in [-0.3, -0.25) is 4.79 Å². The molecule has 1 heterocycles. The van der Waals surface area contributed by atoms with Crippen molar-refractivity contribution in [3.63, 3.8) is 0 Å². The number of carbonyl (C=O) groups is 1. The molecule has 3 nitrogen and oxygen atoms in total. The van der Waals surface area contributed by atoms with Crippen LogP contribution in [0.25, 0.3) is 0 Å². The molecule has 2 aromatic rings. The second-order valence-electron chi connectivity index (χ2n) is 5.20. The van der Waals surface area contributed by atoms with Crippen molar-refractivity contribution >= 4 is 22.9 Å². The van der Waals surface area contributed by atoms with Crippen LogP contribution in [-0.4, -0.2) is 12.5 Å². The molecule has 4 heteroatoms. The molecule has 0 saturated carbocycles. The second kappa shape index (κ2) is 6.76. The van der Waals surface area contributed by atoms with Crippen LogP contribution in [0.15, 0.2) is 30.3 Å². The van der Waals surface area contributed by atoms with Crippen LogP contribution in [0, 0.1) is 13.8 Å². The fraction of sp³-hybridized carbons (Fsp3) is 0.353. The molecule has 1 unspecified atom stereocenters. The number of aryl methyl sites for hydroxylation is 2. The highest BCUT2D eigenvalue weighted by Crippen LogP contribution is 2.27. The van der Waals surface area contributed by atoms with Crippen molar-refractivity contribution < 1.29 is 4.79 Å². The first-order valence-corrected chi connectivity index (χ1v) is 8.04. The molecule has 0 radical (unpaired) electrons. The highest BCUT2D eigenvalue weighted by atomic mass is 32.1. The van der Waals surface area contributed by atoms with E-state index in [2.05, 4.69) is 36.6 Å². The zero-order valence-electron chi connectivity index (χ0n) is 13.0. The average molecular weight is 302 g/mol. The van der Waals surface area contributed by atoms with E-state index in [1.807, 2.05) is 43.4 Å². The van der Waals surface area contributed by atoms with Crippen molar-refractivity contribution in [1.29, 1.82) is 0 Å². The Labute approximate surface area is 130 Å². The maximum absolute atomic E-state index is 11.8. The molecule has 0 aliphatic carbocycles. The smallest absolute Gasteiger partial charge is 0.251 e. The van der Waals surface area contributed by atoms with Gasteiger partial charge in [-0.05, 0) is 63.6 Å². The molecule has 1 amide bonds. The fourth-order valence-corrected chi connectivity index (χ4v) is 3.10. The lowest BCUT2D eigenvalue weighted by atomic mass is 10.1. The van der Waals surface area contributed by atoms with Crippen LogP contribution >= 0.6 is 11.3 Å². The summed E-state index contributed by atoms with van der Waals surface area (Å²) in [4.78, 5) is 14.5. The number of hydrogen-bond acceptors (Lipinski definition) is 3. The second-order valence-corrected chi connectivity index (χ2v) is 6.52. The number of amides is 1. The predicted molar refractivity (Wildman–Crippen MR) is 90.3 cm³/mol. The summed E-state index contributed by atoms with van der Waals surface area (Å²) < 4.78 is 0. The SMILES string of the molecule is CCNC(=O)c1ccc(NC(C)c2ccc(C)s2)c(C)c1. The van der Waals surface area contributed by atoms with Gasteiger partial charge in [-0.15, -0.1) is 11.3 Å². The lowest BCUT2D eigenvalue weighted by Crippen LogP contribution is -2.22. The fourth-order valence-electron chi connectivity index (χ4n) is 2.22. The van der Waals surface area contributed by atoms with Gasteiger partial charge in [0.2, 0.25) is 0 Å². The largest absolute Gasteiger partial charge is 0.377 e. The molecule has 1 atom stereocenters. The van der Waals surface area contributed by atoms with Gasteiger partial charge in [0.1, 0.15) is 0 Å². The monoisotopic (exact) mass is 302 g/mol. The molecule has 112 valence electrons. The molecule has 1 aromatic carbocycles. The van der Waals surface area contributed by atoms with E-state index in [-0.39, 0.29) is 11.9 Å². The Morgan fingerprint density at radius 1 is 1.24 bits per heavy atom. The first kappa shape index (κ1) is 15.6. The van der Waals surface area contributed by atoms with Crippen molar-refractivity contribution in [2.45, 2.75) is 33.7 Å². The van der Waals surface area contributed by atoms with Crippen molar-refractivity contribution in [2.75, 3.05) is 11.9 Å². The number of hydrogen-bond donors (Lipinski definition) is 2. The molecular formula is C17H22N2OS. The summed E-state index contributed by atoms with van der Waals surface area (Å²) in [5, 5.41) is 6.34. The first-order valence-electron chi connectivity index (χ1n) is 7.23. The zero-order valence-corrected chi connectivity index (χ0v) is 13.8. The van der Waals surface area contributed by atoms with E-state index in [4.69, 9.17) is 0 Å². The number of benzene rings is 1. The normalized spacial score (nSPS) is 12.0. The number of carbonyl (C=O) groups excluding carboxylic acids is 1. The van der Waals surface area contributed by atoms with Gasteiger partial charge in [0.05, 0.1) is 6.04 Å². The van der Waals surface area contributed by atoms with Crippen molar-refractivity contribution in [2.24, 2.45) is 0 Å². The minimum Gasteiger partial charge on any atom is -0.377 e. The molecule has 0 aliphatic rings. The molecular weight excluding hydrogens is 280 g/mol. The Morgan fingerprint density at radius 3 is 2.57 bits per heavy atom. The summed E-state index contributed by atoms with van der Waals surface area (Å²) in [6.45, 7) is 8.87. The number of thiophene rings is 1. The molecule has 21 heavy (non-hydrogen) atoms.